The molecule has 0 spiro atoms. The Kier molecular flexibility index (Phi) is 9.91. The molecule has 0 aliphatic carbocycles. The van der Waals surface area contributed by atoms with E-state index in [4.69, 9.17) is 9.98 Å². The van der Waals surface area contributed by atoms with Crippen molar-refractivity contribution in [1.82, 2.24) is 0 Å². The van der Waals surface area contributed by atoms with Crippen LogP contribution in [0.25, 0.3) is 0 Å². The number of hydrogen-bond donors (Lipinski definition) is 0. The summed E-state index contributed by atoms with van der Waals surface area (Å²) in [6, 6.07) is 16.1. The SMILES string of the molecule is CC#Cc1cccc(N=C(/C=C\C)C(CCCCC)=Nc2cccc(C#CC)c2)c1. The Balaban J connectivity index is 2.51. The monoisotopic (exact) mass is 394 g/mol. The van der Waals surface area contributed by atoms with Gasteiger partial charge in [0, 0.05) is 11.1 Å². The summed E-state index contributed by atoms with van der Waals surface area (Å²) in [5, 5.41) is 0. The minimum atomic E-state index is 0.884. The van der Waals surface area contributed by atoms with Gasteiger partial charge in [-0.3, -0.25) is 4.99 Å². The van der Waals surface area contributed by atoms with Gasteiger partial charge in [-0.2, -0.15) is 0 Å². The molecule has 0 atom stereocenters. The van der Waals surface area contributed by atoms with E-state index in [1.54, 1.807) is 0 Å². The molecule has 0 N–H and O–H groups in total. The minimum absolute atomic E-state index is 0.884. The van der Waals surface area contributed by atoms with Gasteiger partial charge in [-0.1, -0.05) is 49.8 Å². The van der Waals surface area contributed by atoms with E-state index in [0.717, 1.165) is 46.8 Å². The second-order valence-electron chi connectivity index (χ2n) is 6.86. The molecule has 0 saturated carbocycles. The van der Waals surface area contributed by atoms with Gasteiger partial charge in [-0.25, -0.2) is 4.99 Å². The third kappa shape index (κ3) is 7.57. The quantitative estimate of drug-likeness (QED) is 0.253. The molecule has 0 saturated heterocycles. The van der Waals surface area contributed by atoms with Crippen LogP contribution in [0.1, 0.15) is 64.5 Å². The molecule has 0 heterocycles. The zero-order valence-electron chi connectivity index (χ0n) is 18.5. The van der Waals surface area contributed by atoms with Gasteiger partial charge in [0.25, 0.3) is 0 Å². The molecule has 30 heavy (non-hydrogen) atoms. The molecule has 0 aromatic heterocycles. The molecule has 2 aromatic carbocycles. The van der Waals surface area contributed by atoms with Crippen molar-refractivity contribution in [1.29, 1.82) is 0 Å². The van der Waals surface area contributed by atoms with Gasteiger partial charge in [-0.15, -0.1) is 11.8 Å². The molecule has 152 valence electrons. The van der Waals surface area contributed by atoms with Crippen LogP contribution in [0.5, 0.6) is 0 Å². The van der Waals surface area contributed by atoms with Crippen LogP contribution < -0.4 is 0 Å². The number of nitrogens with zero attached hydrogens (tertiary/aromatic N) is 2. The minimum Gasteiger partial charge on any atom is -0.251 e. The van der Waals surface area contributed by atoms with Crippen LogP contribution in [0.15, 0.2) is 70.7 Å². The average molecular weight is 395 g/mol. The van der Waals surface area contributed by atoms with E-state index >= 15 is 0 Å². The molecule has 0 bridgehead atoms. The normalized spacial score (nSPS) is 11.6. The average Bonchev–Trinajstić information content (AvgIpc) is 2.74. The van der Waals surface area contributed by atoms with E-state index in [9.17, 15) is 0 Å². The molecule has 2 rings (SSSR count). The van der Waals surface area contributed by atoms with E-state index in [1.165, 1.54) is 12.8 Å². The van der Waals surface area contributed by atoms with Crippen LogP contribution in [-0.2, 0) is 0 Å². The second kappa shape index (κ2) is 13.0. The van der Waals surface area contributed by atoms with Crippen LogP contribution in [0.2, 0.25) is 0 Å². The van der Waals surface area contributed by atoms with Crippen LogP contribution in [-0.4, -0.2) is 11.4 Å². The fourth-order valence-electron chi connectivity index (χ4n) is 3.03. The van der Waals surface area contributed by atoms with Crippen molar-refractivity contribution in [2.24, 2.45) is 9.98 Å². The Hall–Kier alpha value is -3.36. The second-order valence-corrected chi connectivity index (χ2v) is 6.86. The van der Waals surface area contributed by atoms with Crippen molar-refractivity contribution in [3.63, 3.8) is 0 Å². The number of allylic oxidation sites excluding steroid dienone is 2. The number of rotatable bonds is 8. The van der Waals surface area contributed by atoms with Crippen molar-refractivity contribution < 1.29 is 0 Å². The lowest BCUT2D eigenvalue weighted by atomic mass is 10.1. The van der Waals surface area contributed by atoms with E-state index < -0.39 is 0 Å². The number of aliphatic imine (C=N–C) groups is 2. The van der Waals surface area contributed by atoms with Crippen LogP contribution >= 0.6 is 0 Å². The number of benzene rings is 2. The Labute approximate surface area is 181 Å². The molecule has 2 heteroatoms. The predicted molar refractivity (Wildman–Crippen MR) is 131 cm³/mol. The fourth-order valence-corrected chi connectivity index (χ4v) is 3.03. The summed E-state index contributed by atoms with van der Waals surface area (Å²) in [4.78, 5) is 9.91. The zero-order chi connectivity index (χ0) is 21.6. The predicted octanol–water partition coefficient (Wildman–Crippen LogP) is 7.43. The highest BCUT2D eigenvalue weighted by Crippen LogP contribution is 2.19. The highest BCUT2D eigenvalue weighted by Gasteiger charge is 2.08. The first kappa shape index (κ1) is 22.9. The third-order valence-corrected chi connectivity index (χ3v) is 4.38. The summed E-state index contributed by atoms with van der Waals surface area (Å²) in [6.45, 7) is 7.91. The molecule has 0 amide bonds. The van der Waals surface area contributed by atoms with Gasteiger partial charge in [0.05, 0.1) is 22.8 Å². The first-order chi connectivity index (χ1) is 14.7. The molecular formula is C28H30N2. The molecule has 2 aromatic rings. The lowest BCUT2D eigenvalue weighted by Crippen LogP contribution is -2.11. The zero-order valence-corrected chi connectivity index (χ0v) is 18.5. The summed E-state index contributed by atoms with van der Waals surface area (Å²) >= 11 is 0. The lowest BCUT2D eigenvalue weighted by molar-refractivity contribution is 0.744. The topological polar surface area (TPSA) is 24.7 Å². The van der Waals surface area contributed by atoms with Gasteiger partial charge >= 0.3 is 0 Å². The van der Waals surface area contributed by atoms with Crippen molar-refractivity contribution in [2.45, 2.75) is 53.4 Å². The number of hydrogen-bond acceptors (Lipinski definition) is 2. The smallest absolute Gasteiger partial charge is 0.0848 e. The van der Waals surface area contributed by atoms with Crippen molar-refractivity contribution >= 4 is 22.8 Å². The highest BCUT2D eigenvalue weighted by molar-refractivity contribution is 6.47. The van der Waals surface area contributed by atoms with Gasteiger partial charge in [0.15, 0.2) is 0 Å². The summed E-state index contributed by atoms with van der Waals surface area (Å²) < 4.78 is 0. The fraction of sp³-hybridized carbons (Fsp3) is 0.286. The van der Waals surface area contributed by atoms with Crippen LogP contribution in [0, 0.1) is 23.7 Å². The molecular weight excluding hydrogens is 364 g/mol. The standard InChI is InChI=1S/C28H30N2/c1-5-9-10-20-28(30-26-19-12-17-24(22-26)14-7-3)27(15-8-4)29-25-18-11-16-23(21-25)13-6-2/h8,11-12,15-19,21-22H,5,9-10,20H2,1-4H3/b15-8-,29-27?,30-28?. The van der Waals surface area contributed by atoms with E-state index in [2.05, 4.69) is 30.6 Å². The van der Waals surface area contributed by atoms with E-state index in [0.29, 0.717) is 0 Å². The summed E-state index contributed by atoms with van der Waals surface area (Å²) in [7, 11) is 0. The first-order valence-corrected chi connectivity index (χ1v) is 10.5. The molecule has 0 fully saturated rings. The summed E-state index contributed by atoms with van der Waals surface area (Å²) in [5.74, 6) is 12.1. The first-order valence-electron chi connectivity index (χ1n) is 10.5. The van der Waals surface area contributed by atoms with Crippen LogP contribution in [0.3, 0.4) is 0 Å². The highest BCUT2D eigenvalue weighted by atomic mass is 14.8. The molecule has 0 aliphatic heterocycles. The largest absolute Gasteiger partial charge is 0.251 e. The Bertz CT molecular complexity index is 1050. The maximum atomic E-state index is 4.99. The maximum Gasteiger partial charge on any atom is 0.0848 e. The Morgan fingerprint density at radius 1 is 0.867 bits per heavy atom. The van der Waals surface area contributed by atoms with Gasteiger partial charge in [0.1, 0.15) is 0 Å². The van der Waals surface area contributed by atoms with Crippen molar-refractivity contribution in [3.05, 3.63) is 71.8 Å². The van der Waals surface area contributed by atoms with Crippen molar-refractivity contribution in [3.8, 4) is 23.7 Å². The van der Waals surface area contributed by atoms with Crippen molar-refractivity contribution in [2.75, 3.05) is 0 Å². The van der Waals surface area contributed by atoms with Gasteiger partial charge in [0.2, 0.25) is 0 Å². The molecule has 0 radical (unpaired) electrons. The number of unbranched alkanes of at least 4 members (excludes halogenated alkanes) is 2. The molecule has 0 unspecified atom stereocenters. The molecule has 2 nitrogen and oxygen atoms in total. The van der Waals surface area contributed by atoms with E-state index in [1.807, 2.05) is 81.5 Å². The maximum absolute atomic E-state index is 4.99. The summed E-state index contributed by atoms with van der Waals surface area (Å²) in [5.41, 5.74) is 5.62. The lowest BCUT2D eigenvalue weighted by Gasteiger charge is -2.09. The summed E-state index contributed by atoms with van der Waals surface area (Å²) in [6.07, 6.45) is 8.37. The van der Waals surface area contributed by atoms with Gasteiger partial charge < -0.3 is 0 Å². The van der Waals surface area contributed by atoms with Gasteiger partial charge in [-0.05, 0) is 76.1 Å². The Morgan fingerprint density at radius 3 is 2.00 bits per heavy atom. The molecule has 0 aliphatic rings. The Morgan fingerprint density at radius 2 is 1.47 bits per heavy atom. The van der Waals surface area contributed by atoms with E-state index in [-0.39, 0.29) is 0 Å². The van der Waals surface area contributed by atoms with Crippen LogP contribution in [0.4, 0.5) is 11.4 Å². The third-order valence-electron chi connectivity index (χ3n) is 4.38.